The molecular formula is C18H24O5. The predicted molar refractivity (Wildman–Crippen MR) is 83.7 cm³/mol. The first-order chi connectivity index (χ1) is 11.2. The minimum Gasteiger partial charge on any atom is -0.469 e. The van der Waals surface area contributed by atoms with Gasteiger partial charge in [-0.15, -0.1) is 0 Å². The molecule has 0 unspecified atom stereocenters. The van der Waals surface area contributed by atoms with Crippen molar-refractivity contribution < 1.29 is 23.7 Å². The highest BCUT2D eigenvalue weighted by Gasteiger charge is 2.59. The third-order valence-corrected chi connectivity index (χ3v) is 4.80. The van der Waals surface area contributed by atoms with Crippen LogP contribution in [-0.4, -0.2) is 37.7 Å². The standard InChI is InChI=1S/C18H24O5/c1-20-16(19)13-17(23-14-15-7-3-2-4-8-15)9-5-6-10-18(17)21-11-12-22-18/h2-4,7-8H,5-6,9-14H2,1H3/t17-/m1/s1. The lowest BCUT2D eigenvalue weighted by atomic mass is 9.76. The number of benzene rings is 1. The molecule has 1 spiro atoms. The molecule has 3 rings (SSSR count). The number of methoxy groups -OCH3 is 1. The van der Waals surface area contributed by atoms with E-state index >= 15 is 0 Å². The van der Waals surface area contributed by atoms with Crippen LogP contribution in [-0.2, 0) is 30.3 Å². The highest BCUT2D eigenvalue weighted by atomic mass is 16.8. The normalized spacial score (nSPS) is 26.3. The maximum atomic E-state index is 12.0. The first-order valence-electron chi connectivity index (χ1n) is 8.22. The Morgan fingerprint density at radius 2 is 1.83 bits per heavy atom. The SMILES string of the molecule is COC(=O)C[C@]1(OCc2ccccc2)CCCCC12OCCO2. The zero-order chi connectivity index (χ0) is 16.2. The highest BCUT2D eigenvalue weighted by Crippen LogP contribution is 2.48. The van der Waals surface area contributed by atoms with Gasteiger partial charge in [-0.1, -0.05) is 36.8 Å². The van der Waals surface area contributed by atoms with Crippen molar-refractivity contribution in [3.63, 3.8) is 0 Å². The molecule has 1 saturated carbocycles. The molecule has 2 fully saturated rings. The third kappa shape index (κ3) is 3.27. The molecule has 23 heavy (non-hydrogen) atoms. The van der Waals surface area contributed by atoms with Crippen LogP contribution in [0.4, 0.5) is 0 Å². The van der Waals surface area contributed by atoms with Crippen molar-refractivity contribution in [2.75, 3.05) is 20.3 Å². The molecule has 126 valence electrons. The van der Waals surface area contributed by atoms with Crippen molar-refractivity contribution in [1.29, 1.82) is 0 Å². The smallest absolute Gasteiger partial charge is 0.308 e. The van der Waals surface area contributed by atoms with E-state index in [4.69, 9.17) is 18.9 Å². The lowest BCUT2D eigenvalue weighted by molar-refractivity contribution is -0.305. The van der Waals surface area contributed by atoms with Gasteiger partial charge in [0.15, 0.2) is 5.79 Å². The third-order valence-electron chi connectivity index (χ3n) is 4.80. The van der Waals surface area contributed by atoms with Gasteiger partial charge in [0.2, 0.25) is 0 Å². The molecule has 1 aromatic rings. The first kappa shape index (κ1) is 16.4. The number of hydrogen-bond acceptors (Lipinski definition) is 5. The van der Waals surface area contributed by atoms with Crippen molar-refractivity contribution >= 4 is 5.97 Å². The van der Waals surface area contributed by atoms with Crippen molar-refractivity contribution in [3.05, 3.63) is 35.9 Å². The van der Waals surface area contributed by atoms with Crippen molar-refractivity contribution in [3.8, 4) is 0 Å². The second-order valence-corrected chi connectivity index (χ2v) is 6.18. The first-order valence-corrected chi connectivity index (χ1v) is 8.22. The molecule has 2 aliphatic rings. The molecule has 0 aromatic heterocycles. The molecule has 0 bridgehead atoms. The van der Waals surface area contributed by atoms with Gasteiger partial charge in [0.25, 0.3) is 0 Å². The highest BCUT2D eigenvalue weighted by molar-refractivity contribution is 5.70. The molecule has 0 radical (unpaired) electrons. The van der Waals surface area contributed by atoms with Crippen molar-refractivity contribution in [2.45, 2.75) is 50.1 Å². The summed E-state index contributed by atoms with van der Waals surface area (Å²) >= 11 is 0. The summed E-state index contributed by atoms with van der Waals surface area (Å²) in [6, 6.07) is 9.95. The molecule has 1 saturated heterocycles. The quantitative estimate of drug-likeness (QED) is 0.781. The number of hydrogen-bond donors (Lipinski definition) is 0. The van der Waals surface area contributed by atoms with Crippen LogP contribution in [0.25, 0.3) is 0 Å². The summed E-state index contributed by atoms with van der Waals surface area (Å²) in [6.07, 6.45) is 3.63. The van der Waals surface area contributed by atoms with Gasteiger partial charge in [-0.05, 0) is 18.4 Å². The van der Waals surface area contributed by atoms with E-state index in [1.54, 1.807) is 0 Å². The van der Waals surface area contributed by atoms with E-state index < -0.39 is 11.4 Å². The fraction of sp³-hybridized carbons (Fsp3) is 0.611. The van der Waals surface area contributed by atoms with E-state index in [0.717, 1.165) is 31.2 Å². The van der Waals surface area contributed by atoms with Gasteiger partial charge >= 0.3 is 5.97 Å². The van der Waals surface area contributed by atoms with E-state index in [-0.39, 0.29) is 12.4 Å². The number of carbonyl (C=O) groups is 1. The zero-order valence-electron chi connectivity index (χ0n) is 13.6. The molecule has 1 aliphatic heterocycles. The minimum atomic E-state index is -0.825. The van der Waals surface area contributed by atoms with Gasteiger partial charge in [0.05, 0.1) is 33.4 Å². The van der Waals surface area contributed by atoms with Gasteiger partial charge in [0.1, 0.15) is 5.60 Å². The van der Waals surface area contributed by atoms with Crippen LogP contribution in [0, 0.1) is 0 Å². The van der Waals surface area contributed by atoms with Gasteiger partial charge in [0, 0.05) is 6.42 Å². The monoisotopic (exact) mass is 320 g/mol. The summed E-state index contributed by atoms with van der Waals surface area (Å²) in [6.45, 7) is 1.50. The van der Waals surface area contributed by atoms with Crippen LogP contribution in [0.1, 0.15) is 37.7 Å². The lowest BCUT2D eigenvalue weighted by Gasteiger charge is -2.48. The van der Waals surface area contributed by atoms with E-state index in [0.29, 0.717) is 19.8 Å². The predicted octanol–water partition coefficient (Wildman–Crippen LogP) is 2.82. The summed E-state index contributed by atoms with van der Waals surface area (Å²) in [5.41, 5.74) is 0.278. The topological polar surface area (TPSA) is 54.0 Å². The Balaban J connectivity index is 1.84. The Labute approximate surface area is 136 Å². The molecule has 1 aliphatic carbocycles. The van der Waals surface area contributed by atoms with Crippen LogP contribution in [0.15, 0.2) is 30.3 Å². The van der Waals surface area contributed by atoms with Crippen LogP contribution < -0.4 is 0 Å². The molecular weight excluding hydrogens is 296 g/mol. The van der Waals surface area contributed by atoms with E-state index in [2.05, 4.69) is 0 Å². The van der Waals surface area contributed by atoms with Crippen LogP contribution in [0.3, 0.4) is 0 Å². The largest absolute Gasteiger partial charge is 0.469 e. The Morgan fingerprint density at radius 1 is 1.13 bits per heavy atom. The number of rotatable bonds is 5. The van der Waals surface area contributed by atoms with Gasteiger partial charge in [-0.25, -0.2) is 0 Å². The Hall–Kier alpha value is -1.43. The molecule has 0 amide bonds. The average Bonchev–Trinajstić information content (AvgIpc) is 3.06. The molecule has 1 aromatic carbocycles. The molecule has 1 atom stereocenters. The molecule has 5 nitrogen and oxygen atoms in total. The van der Waals surface area contributed by atoms with Gasteiger partial charge < -0.3 is 18.9 Å². The second-order valence-electron chi connectivity index (χ2n) is 6.18. The molecule has 1 heterocycles. The van der Waals surface area contributed by atoms with Gasteiger partial charge in [-0.2, -0.15) is 0 Å². The minimum absolute atomic E-state index is 0.149. The van der Waals surface area contributed by atoms with Gasteiger partial charge in [-0.3, -0.25) is 4.79 Å². The summed E-state index contributed by atoms with van der Waals surface area (Å²) in [5, 5.41) is 0. The average molecular weight is 320 g/mol. The fourth-order valence-corrected chi connectivity index (χ4v) is 3.61. The summed E-state index contributed by atoms with van der Waals surface area (Å²) in [5.74, 6) is -1.12. The van der Waals surface area contributed by atoms with Crippen LogP contribution >= 0.6 is 0 Å². The van der Waals surface area contributed by atoms with E-state index in [1.165, 1.54) is 7.11 Å². The molecule has 0 N–H and O–H groups in total. The lowest BCUT2D eigenvalue weighted by Crippen LogP contribution is -2.59. The zero-order valence-corrected chi connectivity index (χ0v) is 13.6. The Kier molecular flexibility index (Phi) is 4.99. The number of ether oxygens (including phenoxy) is 4. The Morgan fingerprint density at radius 3 is 2.52 bits per heavy atom. The fourth-order valence-electron chi connectivity index (χ4n) is 3.61. The maximum absolute atomic E-state index is 12.0. The second kappa shape index (κ2) is 6.99. The van der Waals surface area contributed by atoms with Crippen LogP contribution in [0.5, 0.6) is 0 Å². The van der Waals surface area contributed by atoms with Crippen molar-refractivity contribution in [2.24, 2.45) is 0 Å². The number of esters is 1. The van der Waals surface area contributed by atoms with E-state index in [9.17, 15) is 4.79 Å². The molecule has 5 heteroatoms. The Bertz CT molecular complexity index is 523. The van der Waals surface area contributed by atoms with E-state index in [1.807, 2.05) is 30.3 Å². The summed E-state index contributed by atoms with van der Waals surface area (Å²) in [4.78, 5) is 12.0. The summed E-state index contributed by atoms with van der Waals surface area (Å²) < 4.78 is 23.2. The van der Waals surface area contributed by atoms with Crippen LogP contribution in [0.2, 0.25) is 0 Å². The summed E-state index contributed by atoms with van der Waals surface area (Å²) in [7, 11) is 1.40. The number of carbonyl (C=O) groups excluding carboxylic acids is 1. The maximum Gasteiger partial charge on any atom is 0.308 e. The van der Waals surface area contributed by atoms with Crippen molar-refractivity contribution in [1.82, 2.24) is 0 Å².